The van der Waals surface area contributed by atoms with Crippen molar-refractivity contribution >= 4 is 28.7 Å². The van der Waals surface area contributed by atoms with Gasteiger partial charge in [-0.15, -0.1) is 0 Å². The second kappa shape index (κ2) is 5.37. The number of rotatable bonds is 3. The summed E-state index contributed by atoms with van der Waals surface area (Å²) in [6.45, 7) is 8.06. The van der Waals surface area contributed by atoms with Gasteiger partial charge in [0.15, 0.2) is 0 Å². The minimum absolute atomic E-state index is 0.675. The maximum atomic E-state index is 6.19. The number of nitrogen functional groups attached to an aromatic ring is 1. The van der Waals surface area contributed by atoms with E-state index in [9.17, 15) is 0 Å². The van der Waals surface area contributed by atoms with Gasteiger partial charge in [0, 0.05) is 16.3 Å². The second-order valence-corrected chi connectivity index (χ2v) is 5.08. The van der Waals surface area contributed by atoms with E-state index in [1.54, 1.807) is 0 Å². The quantitative estimate of drug-likeness (QED) is 0.800. The van der Waals surface area contributed by atoms with Gasteiger partial charge in [0.1, 0.15) is 0 Å². The Bertz CT molecular complexity index is 633. The average molecular weight is 273 g/mol. The maximum absolute atomic E-state index is 6.19. The maximum Gasteiger partial charge on any atom is 0.0618 e. The van der Waals surface area contributed by atoms with Crippen LogP contribution in [0.2, 0.25) is 5.02 Å². The SMILES string of the molecule is C=C(Nc1ccc(C)cc1N)c1cc(C)ccc1Cl. The van der Waals surface area contributed by atoms with Gasteiger partial charge in [-0.3, -0.25) is 0 Å². The lowest BCUT2D eigenvalue weighted by Crippen LogP contribution is -2.02. The third-order valence-corrected chi connectivity index (χ3v) is 3.27. The summed E-state index contributed by atoms with van der Waals surface area (Å²) < 4.78 is 0. The molecule has 0 aromatic heterocycles. The van der Waals surface area contributed by atoms with E-state index in [2.05, 4.69) is 11.9 Å². The Hall–Kier alpha value is -1.93. The summed E-state index contributed by atoms with van der Waals surface area (Å²) in [6, 6.07) is 11.7. The van der Waals surface area contributed by atoms with Crippen LogP contribution in [0.3, 0.4) is 0 Å². The Kier molecular flexibility index (Phi) is 3.82. The highest BCUT2D eigenvalue weighted by atomic mass is 35.5. The van der Waals surface area contributed by atoms with Crippen LogP contribution < -0.4 is 11.1 Å². The third kappa shape index (κ3) is 3.09. The normalized spacial score (nSPS) is 10.3. The molecule has 3 N–H and O–H groups in total. The van der Waals surface area contributed by atoms with Crippen LogP contribution in [0.5, 0.6) is 0 Å². The van der Waals surface area contributed by atoms with Gasteiger partial charge in [-0.05, 0) is 43.7 Å². The van der Waals surface area contributed by atoms with E-state index >= 15 is 0 Å². The lowest BCUT2D eigenvalue weighted by Gasteiger charge is -2.14. The number of benzene rings is 2. The smallest absolute Gasteiger partial charge is 0.0618 e. The van der Waals surface area contributed by atoms with Gasteiger partial charge in [0.25, 0.3) is 0 Å². The predicted molar refractivity (Wildman–Crippen MR) is 84.4 cm³/mol. The fourth-order valence-electron chi connectivity index (χ4n) is 1.90. The molecule has 2 aromatic rings. The van der Waals surface area contributed by atoms with E-state index in [0.29, 0.717) is 10.7 Å². The topological polar surface area (TPSA) is 38.0 Å². The molecule has 0 atom stereocenters. The minimum atomic E-state index is 0.675. The first-order valence-corrected chi connectivity index (χ1v) is 6.44. The first kappa shape index (κ1) is 13.5. The highest BCUT2D eigenvalue weighted by Crippen LogP contribution is 2.28. The van der Waals surface area contributed by atoms with Crippen LogP contribution in [0, 0.1) is 13.8 Å². The summed E-state index contributed by atoms with van der Waals surface area (Å²) in [5, 5.41) is 3.89. The Morgan fingerprint density at radius 2 is 1.74 bits per heavy atom. The summed E-state index contributed by atoms with van der Waals surface area (Å²) in [5.74, 6) is 0. The van der Waals surface area contributed by atoms with Gasteiger partial charge in [0.2, 0.25) is 0 Å². The van der Waals surface area contributed by atoms with E-state index in [-0.39, 0.29) is 0 Å². The molecule has 0 aliphatic rings. The van der Waals surface area contributed by atoms with Crippen LogP contribution in [0.25, 0.3) is 5.70 Å². The lowest BCUT2D eigenvalue weighted by atomic mass is 10.1. The molecule has 0 aliphatic carbocycles. The van der Waals surface area contributed by atoms with Gasteiger partial charge in [-0.2, -0.15) is 0 Å². The minimum Gasteiger partial charge on any atom is -0.397 e. The van der Waals surface area contributed by atoms with Gasteiger partial charge in [0.05, 0.1) is 11.4 Å². The fraction of sp³-hybridized carbons (Fsp3) is 0.125. The monoisotopic (exact) mass is 272 g/mol. The number of hydrogen-bond donors (Lipinski definition) is 2. The van der Waals surface area contributed by atoms with Crippen LogP contribution in [0.4, 0.5) is 11.4 Å². The Morgan fingerprint density at radius 1 is 1.11 bits per heavy atom. The van der Waals surface area contributed by atoms with Gasteiger partial charge >= 0.3 is 0 Å². The summed E-state index contributed by atoms with van der Waals surface area (Å²) in [5.41, 5.74) is 11.4. The standard InChI is InChI=1S/C16H17ClN2/c1-10-4-6-14(17)13(8-10)12(3)19-16-7-5-11(2)9-15(16)18/h4-9,19H,3,18H2,1-2H3. The Labute approximate surface area is 118 Å². The van der Waals surface area contributed by atoms with E-state index in [1.165, 1.54) is 0 Å². The van der Waals surface area contributed by atoms with Crippen molar-refractivity contribution in [3.63, 3.8) is 0 Å². The number of aryl methyl sites for hydroxylation is 2. The van der Waals surface area contributed by atoms with Crippen LogP contribution >= 0.6 is 11.6 Å². The van der Waals surface area contributed by atoms with Crippen LogP contribution in [0.1, 0.15) is 16.7 Å². The molecule has 2 rings (SSSR count). The van der Waals surface area contributed by atoms with Gasteiger partial charge < -0.3 is 11.1 Å². The molecule has 98 valence electrons. The lowest BCUT2D eigenvalue weighted by molar-refractivity contribution is 1.43. The van der Waals surface area contributed by atoms with Crippen molar-refractivity contribution in [3.05, 3.63) is 64.7 Å². The fourth-order valence-corrected chi connectivity index (χ4v) is 2.13. The van der Waals surface area contributed by atoms with Crippen LogP contribution in [0.15, 0.2) is 43.0 Å². The van der Waals surface area contributed by atoms with E-state index < -0.39 is 0 Å². The first-order valence-electron chi connectivity index (χ1n) is 6.06. The summed E-state index contributed by atoms with van der Waals surface area (Å²) in [6.07, 6.45) is 0. The van der Waals surface area contributed by atoms with Crippen molar-refractivity contribution in [2.24, 2.45) is 0 Å². The van der Waals surface area contributed by atoms with E-state index in [4.69, 9.17) is 17.3 Å². The van der Waals surface area contributed by atoms with Crippen molar-refractivity contribution in [2.45, 2.75) is 13.8 Å². The molecular weight excluding hydrogens is 256 g/mol. The predicted octanol–water partition coefficient (Wildman–Crippen LogP) is 4.62. The van der Waals surface area contributed by atoms with Crippen LogP contribution in [-0.2, 0) is 0 Å². The highest BCUT2D eigenvalue weighted by Gasteiger charge is 2.07. The number of anilines is 2. The number of nitrogens with one attached hydrogen (secondary N) is 1. The molecule has 0 radical (unpaired) electrons. The number of nitrogens with two attached hydrogens (primary N) is 1. The molecule has 0 amide bonds. The zero-order valence-electron chi connectivity index (χ0n) is 11.1. The zero-order valence-corrected chi connectivity index (χ0v) is 11.9. The Morgan fingerprint density at radius 3 is 2.42 bits per heavy atom. The molecule has 0 saturated carbocycles. The number of hydrogen-bond acceptors (Lipinski definition) is 2. The molecule has 0 fully saturated rings. The van der Waals surface area contributed by atoms with Crippen molar-refractivity contribution in [1.29, 1.82) is 0 Å². The molecule has 2 nitrogen and oxygen atoms in total. The van der Waals surface area contributed by atoms with E-state index in [1.807, 2.05) is 50.2 Å². The largest absolute Gasteiger partial charge is 0.397 e. The molecule has 0 heterocycles. The molecule has 2 aromatic carbocycles. The molecule has 0 bridgehead atoms. The first-order chi connectivity index (χ1) is 8.97. The van der Waals surface area contributed by atoms with Gasteiger partial charge in [-0.25, -0.2) is 0 Å². The van der Waals surface area contributed by atoms with Crippen molar-refractivity contribution in [1.82, 2.24) is 0 Å². The third-order valence-electron chi connectivity index (χ3n) is 2.94. The zero-order chi connectivity index (χ0) is 14.0. The molecule has 0 spiro atoms. The van der Waals surface area contributed by atoms with Gasteiger partial charge in [-0.1, -0.05) is 35.9 Å². The average Bonchev–Trinajstić information content (AvgIpc) is 2.35. The highest BCUT2D eigenvalue weighted by molar-refractivity contribution is 6.32. The summed E-state index contributed by atoms with van der Waals surface area (Å²) in [7, 11) is 0. The summed E-state index contributed by atoms with van der Waals surface area (Å²) >= 11 is 6.19. The van der Waals surface area contributed by atoms with Crippen LogP contribution in [-0.4, -0.2) is 0 Å². The molecular formula is C16H17ClN2. The summed E-state index contributed by atoms with van der Waals surface area (Å²) in [4.78, 5) is 0. The molecule has 0 saturated heterocycles. The molecule has 0 unspecified atom stereocenters. The van der Waals surface area contributed by atoms with E-state index in [0.717, 1.165) is 28.1 Å². The Balaban J connectivity index is 2.28. The van der Waals surface area contributed by atoms with Crippen molar-refractivity contribution in [2.75, 3.05) is 11.1 Å². The van der Waals surface area contributed by atoms with Crippen molar-refractivity contribution < 1.29 is 0 Å². The van der Waals surface area contributed by atoms with Crippen molar-refractivity contribution in [3.8, 4) is 0 Å². The molecule has 3 heteroatoms. The second-order valence-electron chi connectivity index (χ2n) is 4.68. The molecule has 19 heavy (non-hydrogen) atoms. The molecule has 0 aliphatic heterocycles. The number of halogens is 1.